The molecular formula is C75H82F2N10O11S3. The summed E-state index contributed by atoms with van der Waals surface area (Å²) in [5.41, 5.74) is 10.9. The topological polar surface area (TPSA) is 207 Å². The number of rotatable bonds is 11. The zero-order chi connectivity index (χ0) is 71.2. The Labute approximate surface area is 587 Å². The Bertz CT molecular complexity index is 5310. The average molecular weight is 1430 g/mol. The molecule has 0 radical (unpaired) electrons. The first-order valence-electron chi connectivity index (χ1n) is 33.5. The average Bonchev–Trinajstić information content (AvgIpc) is 1.65. The normalized spacial score (nSPS) is 17.7. The fourth-order valence-electron chi connectivity index (χ4n) is 14.1. The molecule has 6 aliphatic heterocycles. The standard InChI is InChI=1S/C28H32N4O3S.2C23H24FN3O3S.CH2O2/c1-29-12-8-20(9-13-29)26-19-32(36(33,34)24-5-7-27-21(16-24)10-14-30(27)2)28-17-22(4-6-25(26)28)31-15-11-23(18-31)35-3;1-25-9-7-16(8-10-25)20-15-27(21-5-3-17(24)13-19(20)21)31(28,29)18-4-6-22-23(14-18)30-12-11-26(22)2;1-25-10-8-16(9-11-25)18-15-27(21-5-3-4-19(24)23(18)21)31(28,29)17-6-7-20-22(14-17)30-13-12-26(20)2;2-1-3/h4-8,10,14,16-17,19,23H,9,11-13,15,18H2,1-3H3;3-7,13-15H,8-12H2,1-2H3;3-8,14-15H,9-13H2,1-2H3;1H,(H,2,3). The van der Waals surface area contributed by atoms with E-state index in [0.717, 1.165) is 152 Å². The SMILES string of the molecule is CN1CC=C(c2cn(S(=O)(=O)c3ccc4c(c3)OCCN4C)c3ccc(F)cc23)CC1.CN1CC=C(c2cn(S(=O)(=O)c3ccc4c(c3)OCCN4C)c3cccc(F)c23)CC1.COC1CCN(c2ccc3c(C4=CCN(C)CC4)cn(S(=O)(=O)c4ccc5c(ccn5C)c4)c3c2)C1.O=CO. The highest BCUT2D eigenvalue weighted by Gasteiger charge is 2.31. The summed E-state index contributed by atoms with van der Waals surface area (Å²) < 4.78 is 135. The lowest BCUT2D eigenvalue weighted by atomic mass is 9.99. The fourth-order valence-corrected chi connectivity index (χ4v) is 18.2. The molecule has 0 aliphatic carbocycles. The van der Waals surface area contributed by atoms with Crippen molar-refractivity contribution in [2.75, 3.05) is 136 Å². The van der Waals surface area contributed by atoms with Crippen molar-refractivity contribution in [2.45, 2.75) is 46.5 Å². The third kappa shape index (κ3) is 13.8. The second-order valence-corrected chi connectivity index (χ2v) is 31.8. The van der Waals surface area contributed by atoms with Crippen molar-refractivity contribution in [1.82, 2.24) is 31.2 Å². The smallest absolute Gasteiger partial charge is 0.290 e. The molecule has 0 saturated carbocycles. The Morgan fingerprint density at radius 3 is 1.57 bits per heavy atom. The van der Waals surface area contributed by atoms with Gasteiger partial charge >= 0.3 is 0 Å². The van der Waals surface area contributed by atoms with E-state index in [2.05, 4.69) is 50.9 Å². The Balaban J connectivity index is 0.000000133. The molecule has 4 aromatic heterocycles. The molecular weight excluding hydrogens is 1350 g/mol. The van der Waals surface area contributed by atoms with Crippen LogP contribution < -0.4 is 24.2 Å². The van der Waals surface area contributed by atoms with Gasteiger partial charge in [-0.2, -0.15) is 0 Å². The second kappa shape index (κ2) is 28.6. The number of methoxy groups -OCH3 is 1. The largest absolute Gasteiger partial charge is 0.490 e. The van der Waals surface area contributed by atoms with Gasteiger partial charge in [0.25, 0.3) is 36.5 Å². The first-order chi connectivity index (χ1) is 48.5. The van der Waals surface area contributed by atoms with E-state index in [9.17, 15) is 34.0 Å². The Morgan fingerprint density at radius 2 is 1.03 bits per heavy atom. The van der Waals surface area contributed by atoms with E-state index < -0.39 is 35.9 Å². The molecule has 101 heavy (non-hydrogen) atoms. The van der Waals surface area contributed by atoms with E-state index >= 15 is 0 Å². The van der Waals surface area contributed by atoms with Gasteiger partial charge in [0.15, 0.2) is 0 Å². The lowest BCUT2D eigenvalue weighted by molar-refractivity contribution is -0.122. The van der Waals surface area contributed by atoms with Gasteiger partial charge in [-0.1, -0.05) is 30.4 Å². The lowest BCUT2D eigenvalue weighted by Crippen LogP contribution is -2.29. The Morgan fingerprint density at radius 1 is 0.525 bits per heavy atom. The number of nitrogens with zero attached hydrogens (tertiary/aromatic N) is 10. The maximum Gasteiger partial charge on any atom is 0.290 e. The summed E-state index contributed by atoms with van der Waals surface area (Å²) in [6.07, 6.45) is 16.9. The molecule has 0 spiro atoms. The molecule has 16 rings (SSSR count). The lowest BCUT2D eigenvalue weighted by Gasteiger charge is -2.27. The summed E-state index contributed by atoms with van der Waals surface area (Å²) in [5.74, 6) is 0.283. The van der Waals surface area contributed by atoms with Crippen LogP contribution in [0, 0.1) is 11.6 Å². The predicted octanol–water partition coefficient (Wildman–Crippen LogP) is 11.1. The highest BCUT2D eigenvalue weighted by molar-refractivity contribution is 7.90. The maximum absolute atomic E-state index is 14.9. The first-order valence-corrected chi connectivity index (χ1v) is 37.8. The molecule has 6 aromatic carbocycles. The third-order valence-corrected chi connectivity index (χ3v) is 24.9. The molecule has 530 valence electrons. The van der Waals surface area contributed by atoms with E-state index in [1.165, 1.54) is 41.8 Å². The van der Waals surface area contributed by atoms with Gasteiger partial charge in [0.2, 0.25) is 0 Å². The monoisotopic (exact) mass is 1430 g/mol. The Hall–Kier alpha value is -9.28. The van der Waals surface area contributed by atoms with Gasteiger partial charge in [0, 0.05) is 167 Å². The van der Waals surface area contributed by atoms with E-state index in [0.29, 0.717) is 57.0 Å². The number of fused-ring (bicyclic) bond motifs is 6. The molecule has 1 fully saturated rings. The van der Waals surface area contributed by atoms with Gasteiger partial charge in [-0.25, -0.2) is 46.0 Å². The van der Waals surface area contributed by atoms with E-state index in [4.69, 9.17) is 24.1 Å². The number of aromatic nitrogens is 4. The number of likely N-dealkylation sites (N-methyl/N-ethyl adjacent to an activating group) is 5. The highest BCUT2D eigenvalue weighted by atomic mass is 32.2. The summed E-state index contributed by atoms with van der Waals surface area (Å²) in [7, 11) is 2.12. The van der Waals surface area contributed by atoms with Crippen LogP contribution >= 0.6 is 0 Å². The van der Waals surface area contributed by atoms with Crippen molar-refractivity contribution in [3.63, 3.8) is 0 Å². The van der Waals surface area contributed by atoms with E-state index in [1.807, 2.05) is 86.3 Å². The zero-order valence-corrected chi connectivity index (χ0v) is 59.9. The van der Waals surface area contributed by atoms with Crippen LogP contribution in [0.2, 0.25) is 0 Å². The van der Waals surface area contributed by atoms with Gasteiger partial charge in [-0.15, -0.1) is 0 Å². The van der Waals surface area contributed by atoms with Crippen molar-refractivity contribution < 1.29 is 58.1 Å². The highest BCUT2D eigenvalue weighted by Crippen LogP contribution is 2.41. The molecule has 1 atom stereocenters. The number of aryl methyl sites for hydroxylation is 1. The molecule has 0 bridgehead atoms. The van der Waals surface area contributed by atoms with Gasteiger partial charge < -0.3 is 53.3 Å². The van der Waals surface area contributed by atoms with Gasteiger partial charge in [-0.3, -0.25) is 4.79 Å². The van der Waals surface area contributed by atoms with E-state index in [-0.39, 0.29) is 28.2 Å². The molecule has 10 heterocycles. The number of carboxylic acid groups (broad SMARTS) is 1. The van der Waals surface area contributed by atoms with Crippen LogP contribution in [0.25, 0.3) is 60.3 Å². The second-order valence-electron chi connectivity index (χ2n) is 26.4. The van der Waals surface area contributed by atoms with Crippen LogP contribution in [0.15, 0.2) is 173 Å². The van der Waals surface area contributed by atoms with Crippen molar-refractivity contribution in [2.24, 2.45) is 7.05 Å². The van der Waals surface area contributed by atoms with E-state index in [1.54, 1.807) is 80.2 Å². The summed E-state index contributed by atoms with van der Waals surface area (Å²) in [5, 5.41) is 9.72. The minimum atomic E-state index is -3.95. The molecule has 1 unspecified atom stereocenters. The molecule has 21 nitrogen and oxygen atoms in total. The number of carbonyl (C=O) groups is 1. The summed E-state index contributed by atoms with van der Waals surface area (Å²) in [6, 6.07) is 32.2. The quantitative estimate of drug-likeness (QED) is 0.119. The molecule has 0 amide bonds. The number of hydrogen-bond acceptors (Lipinski definition) is 16. The summed E-state index contributed by atoms with van der Waals surface area (Å²) in [6.45, 7) is 9.02. The van der Waals surface area contributed by atoms with Gasteiger partial charge in [-0.05, 0) is 155 Å². The van der Waals surface area contributed by atoms with Crippen molar-refractivity contribution in [3.05, 3.63) is 187 Å². The number of benzene rings is 6. The van der Waals surface area contributed by atoms with Crippen molar-refractivity contribution in [3.8, 4) is 11.5 Å². The fraction of sp³-hybridized carbons (Fsp3) is 0.320. The van der Waals surface area contributed by atoms with Crippen LogP contribution in [0.1, 0.15) is 42.4 Å². The van der Waals surface area contributed by atoms with Crippen LogP contribution in [-0.2, 0) is 46.6 Å². The minimum absolute atomic E-state index is 0.117. The van der Waals surface area contributed by atoms with Crippen LogP contribution in [-0.4, -0.2) is 195 Å². The molecule has 6 aliphatic rings. The minimum Gasteiger partial charge on any atom is -0.490 e. The number of hydrogen-bond donors (Lipinski definition) is 1. The molecule has 1 N–H and O–H groups in total. The third-order valence-electron chi connectivity index (χ3n) is 19.9. The molecule has 1 saturated heterocycles. The van der Waals surface area contributed by atoms with Crippen molar-refractivity contribution >= 4 is 114 Å². The molecule has 10 aromatic rings. The van der Waals surface area contributed by atoms with Gasteiger partial charge in [0.05, 0.1) is 61.8 Å². The number of halogens is 2. The zero-order valence-electron chi connectivity index (χ0n) is 57.5. The Kier molecular flexibility index (Phi) is 19.9. The molecule has 26 heteroatoms. The van der Waals surface area contributed by atoms with Crippen LogP contribution in [0.5, 0.6) is 11.5 Å². The first kappa shape index (κ1) is 70.2. The maximum atomic E-state index is 14.9. The van der Waals surface area contributed by atoms with Gasteiger partial charge in [0.1, 0.15) is 36.3 Å². The van der Waals surface area contributed by atoms with Crippen molar-refractivity contribution in [1.29, 1.82) is 0 Å². The summed E-state index contributed by atoms with van der Waals surface area (Å²) in [4.78, 5) is 21.9. The number of ether oxygens (including phenoxy) is 3. The number of anilines is 3. The van der Waals surface area contributed by atoms with Crippen LogP contribution in [0.3, 0.4) is 0 Å². The summed E-state index contributed by atoms with van der Waals surface area (Å²) >= 11 is 0. The van der Waals surface area contributed by atoms with Crippen LogP contribution in [0.4, 0.5) is 25.8 Å². The predicted molar refractivity (Wildman–Crippen MR) is 393 cm³/mol.